The maximum absolute atomic E-state index is 12.2. The summed E-state index contributed by atoms with van der Waals surface area (Å²) in [5.74, 6) is 0.0103. The molecular weight excluding hydrogens is 308 g/mol. The number of carbonyl (C=O) groups excluding carboxylic acids is 1. The molecule has 25 heavy (non-hydrogen) atoms. The molecule has 0 bridgehead atoms. The van der Waals surface area contributed by atoms with E-state index >= 15 is 0 Å². The average molecular weight is 330 g/mol. The van der Waals surface area contributed by atoms with Crippen LogP contribution in [0.4, 0.5) is 0 Å². The average Bonchev–Trinajstić information content (AvgIpc) is 2.68. The molecule has 0 aliphatic carbocycles. The van der Waals surface area contributed by atoms with Crippen LogP contribution in [0.15, 0.2) is 72.9 Å². The lowest BCUT2D eigenvalue weighted by Crippen LogP contribution is -2.24. The first kappa shape index (κ1) is 16.9. The third-order valence-electron chi connectivity index (χ3n) is 4.15. The molecule has 0 aliphatic rings. The molecule has 3 heteroatoms. The van der Waals surface area contributed by atoms with Gasteiger partial charge in [0.25, 0.3) is 0 Å². The standard InChI is InChI=1S/C22H22N2O/c1-2-17-7-6-8-18(13-17)16-24-22(25)14-19-11-12-21(23-15-19)20-9-4-3-5-10-20/h3-13,15H,2,14,16H2,1H3,(H,24,25). The number of nitrogens with one attached hydrogen (secondary N) is 1. The van der Waals surface area contributed by atoms with Crippen LogP contribution in [0.3, 0.4) is 0 Å². The summed E-state index contributed by atoms with van der Waals surface area (Å²) < 4.78 is 0. The Balaban J connectivity index is 1.56. The molecule has 1 amide bonds. The predicted octanol–water partition coefficient (Wildman–Crippen LogP) is 4.17. The summed E-state index contributed by atoms with van der Waals surface area (Å²) in [6, 6.07) is 22.3. The minimum Gasteiger partial charge on any atom is -0.352 e. The zero-order valence-electron chi connectivity index (χ0n) is 14.4. The lowest BCUT2D eigenvalue weighted by atomic mass is 10.1. The highest BCUT2D eigenvalue weighted by Gasteiger charge is 2.05. The molecule has 0 saturated heterocycles. The number of benzene rings is 2. The molecule has 0 saturated carbocycles. The fraction of sp³-hybridized carbons (Fsp3) is 0.182. The van der Waals surface area contributed by atoms with Crippen molar-refractivity contribution in [3.63, 3.8) is 0 Å². The summed E-state index contributed by atoms with van der Waals surface area (Å²) in [6.45, 7) is 2.69. The fourth-order valence-corrected chi connectivity index (χ4v) is 2.72. The van der Waals surface area contributed by atoms with Gasteiger partial charge in [-0.25, -0.2) is 0 Å². The van der Waals surface area contributed by atoms with Crippen molar-refractivity contribution >= 4 is 5.91 Å². The van der Waals surface area contributed by atoms with Gasteiger partial charge in [0.05, 0.1) is 12.1 Å². The van der Waals surface area contributed by atoms with Crippen LogP contribution in [0.1, 0.15) is 23.6 Å². The topological polar surface area (TPSA) is 42.0 Å². The van der Waals surface area contributed by atoms with E-state index in [-0.39, 0.29) is 5.91 Å². The first-order chi connectivity index (χ1) is 12.2. The van der Waals surface area contributed by atoms with E-state index in [1.807, 2.05) is 54.6 Å². The molecular formula is C22H22N2O. The number of nitrogens with zero attached hydrogens (tertiary/aromatic N) is 1. The Bertz CT molecular complexity index is 826. The summed E-state index contributed by atoms with van der Waals surface area (Å²) in [4.78, 5) is 16.6. The van der Waals surface area contributed by atoms with Gasteiger partial charge in [-0.2, -0.15) is 0 Å². The Hall–Kier alpha value is -2.94. The van der Waals surface area contributed by atoms with Gasteiger partial charge in [0.2, 0.25) is 5.91 Å². The lowest BCUT2D eigenvalue weighted by Gasteiger charge is -2.07. The van der Waals surface area contributed by atoms with Crippen molar-refractivity contribution in [3.8, 4) is 11.3 Å². The van der Waals surface area contributed by atoms with Gasteiger partial charge >= 0.3 is 0 Å². The van der Waals surface area contributed by atoms with Crippen molar-refractivity contribution < 1.29 is 4.79 Å². The van der Waals surface area contributed by atoms with Crippen LogP contribution in [0.25, 0.3) is 11.3 Å². The molecule has 0 spiro atoms. The normalized spacial score (nSPS) is 10.4. The van der Waals surface area contributed by atoms with Gasteiger partial charge in [-0.15, -0.1) is 0 Å². The molecule has 0 atom stereocenters. The van der Waals surface area contributed by atoms with Gasteiger partial charge < -0.3 is 5.32 Å². The second-order valence-electron chi connectivity index (χ2n) is 6.04. The number of aryl methyl sites for hydroxylation is 1. The molecule has 0 unspecified atom stereocenters. The minimum absolute atomic E-state index is 0.0103. The zero-order chi connectivity index (χ0) is 17.5. The van der Waals surface area contributed by atoms with Gasteiger partial charge in [0, 0.05) is 18.3 Å². The van der Waals surface area contributed by atoms with E-state index in [0.717, 1.165) is 28.8 Å². The number of aromatic nitrogens is 1. The number of hydrogen-bond donors (Lipinski definition) is 1. The molecule has 0 aliphatic heterocycles. The van der Waals surface area contributed by atoms with E-state index in [1.165, 1.54) is 5.56 Å². The van der Waals surface area contributed by atoms with Crippen LogP contribution in [-0.2, 0) is 24.2 Å². The van der Waals surface area contributed by atoms with E-state index in [9.17, 15) is 4.79 Å². The summed E-state index contributed by atoms with van der Waals surface area (Å²) in [5.41, 5.74) is 5.33. The molecule has 3 aromatic rings. The van der Waals surface area contributed by atoms with Crippen molar-refractivity contribution in [3.05, 3.63) is 89.6 Å². The van der Waals surface area contributed by atoms with E-state index in [2.05, 4.69) is 29.4 Å². The maximum atomic E-state index is 12.2. The lowest BCUT2D eigenvalue weighted by molar-refractivity contribution is -0.120. The van der Waals surface area contributed by atoms with Crippen LogP contribution in [-0.4, -0.2) is 10.9 Å². The second-order valence-corrected chi connectivity index (χ2v) is 6.04. The smallest absolute Gasteiger partial charge is 0.224 e. The van der Waals surface area contributed by atoms with Crippen molar-refractivity contribution in [2.24, 2.45) is 0 Å². The van der Waals surface area contributed by atoms with Gasteiger partial charge in [-0.05, 0) is 29.2 Å². The number of carbonyl (C=O) groups is 1. The number of amides is 1. The summed E-state index contributed by atoms with van der Waals surface area (Å²) in [6.07, 6.45) is 3.12. The summed E-state index contributed by atoms with van der Waals surface area (Å²) >= 11 is 0. The second kappa shape index (κ2) is 8.25. The third kappa shape index (κ3) is 4.77. The van der Waals surface area contributed by atoms with Crippen molar-refractivity contribution in [2.75, 3.05) is 0 Å². The van der Waals surface area contributed by atoms with E-state index < -0.39 is 0 Å². The Morgan fingerprint density at radius 1 is 0.920 bits per heavy atom. The van der Waals surface area contributed by atoms with Crippen molar-refractivity contribution in [1.82, 2.24) is 10.3 Å². The predicted molar refractivity (Wildman–Crippen MR) is 101 cm³/mol. The van der Waals surface area contributed by atoms with Gasteiger partial charge in [-0.1, -0.05) is 67.6 Å². The molecule has 0 radical (unpaired) electrons. The summed E-state index contributed by atoms with van der Waals surface area (Å²) in [7, 11) is 0. The molecule has 0 fully saturated rings. The first-order valence-corrected chi connectivity index (χ1v) is 8.59. The Morgan fingerprint density at radius 3 is 2.44 bits per heavy atom. The molecule has 3 nitrogen and oxygen atoms in total. The van der Waals surface area contributed by atoms with Gasteiger partial charge in [0.15, 0.2) is 0 Å². The highest BCUT2D eigenvalue weighted by molar-refractivity contribution is 5.78. The molecule has 1 aromatic heterocycles. The SMILES string of the molecule is CCc1cccc(CNC(=O)Cc2ccc(-c3ccccc3)nc2)c1. The van der Waals surface area contributed by atoms with E-state index in [0.29, 0.717) is 13.0 Å². The highest BCUT2D eigenvalue weighted by atomic mass is 16.1. The highest BCUT2D eigenvalue weighted by Crippen LogP contribution is 2.16. The Labute approximate surface area is 148 Å². The quantitative estimate of drug-likeness (QED) is 0.737. The van der Waals surface area contributed by atoms with Crippen molar-refractivity contribution in [1.29, 1.82) is 0 Å². The summed E-state index contributed by atoms with van der Waals surface area (Å²) in [5, 5.41) is 2.98. The number of pyridine rings is 1. The van der Waals surface area contributed by atoms with Gasteiger partial charge in [0.1, 0.15) is 0 Å². The van der Waals surface area contributed by atoms with Crippen LogP contribution in [0.2, 0.25) is 0 Å². The van der Waals surface area contributed by atoms with Gasteiger partial charge in [-0.3, -0.25) is 9.78 Å². The number of rotatable bonds is 6. The molecule has 2 aromatic carbocycles. The minimum atomic E-state index is 0.0103. The Kier molecular flexibility index (Phi) is 5.57. The maximum Gasteiger partial charge on any atom is 0.224 e. The third-order valence-corrected chi connectivity index (χ3v) is 4.15. The fourth-order valence-electron chi connectivity index (χ4n) is 2.72. The monoisotopic (exact) mass is 330 g/mol. The molecule has 3 rings (SSSR count). The van der Waals surface area contributed by atoms with Crippen LogP contribution >= 0.6 is 0 Å². The van der Waals surface area contributed by atoms with Crippen LogP contribution in [0.5, 0.6) is 0 Å². The van der Waals surface area contributed by atoms with Crippen LogP contribution < -0.4 is 5.32 Å². The van der Waals surface area contributed by atoms with Crippen LogP contribution in [0, 0.1) is 0 Å². The molecule has 126 valence electrons. The molecule has 1 heterocycles. The Morgan fingerprint density at radius 2 is 1.72 bits per heavy atom. The zero-order valence-corrected chi connectivity index (χ0v) is 14.4. The largest absolute Gasteiger partial charge is 0.352 e. The van der Waals surface area contributed by atoms with E-state index in [1.54, 1.807) is 6.20 Å². The molecule has 1 N–H and O–H groups in total. The van der Waals surface area contributed by atoms with E-state index in [4.69, 9.17) is 0 Å². The number of hydrogen-bond acceptors (Lipinski definition) is 2. The van der Waals surface area contributed by atoms with Crippen molar-refractivity contribution in [2.45, 2.75) is 26.3 Å². The first-order valence-electron chi connectivity index (χ1n) is 8.59.